The molecule has 0 aliphatic heterocycles. The molecule has 0 aromatic carbocycles. The minimum absolute atomic E-state index is 0.108. The molecule has 0 bridgehead atoms. The highest BCUT2D eigenvalue weighted by Crippen LogP contribution is 2.26. The van der Waals surface area contributed by atoms with E-state index in [9.17, 15) is 10.1 Å². The van der Waals surface area contributed by atoms with Crippen molar-refractivity contribution in [2.75, 3.05) is 0 Å². The lowest BCUT2D eigenvalue weighted by Gasteiger charge is -2.07. The van der Waals surface area contributed by atoms with E-state index < -0.39 is 0 Å². The van der Waals surface area contributed by atoms with Gasteiger partial charge in [-0.2, -0.15) is 5.10 Å². The summed E-state index contributed by atoms with van der Waals surface area (Å²) in [7, 11) is 0. The van der Waals surface area contributed by atoms with Crippen LogP contribution in [0.5, 0.6) is 0 Å². The molecule has 0 fully saturated rings. The molecule has 0 spiro atoms. The van der Waals surface area contributed by atoms with Crippen molar-refractivity contribution in [1.82, 2.24) is 9.78 Å². The van der Waals surface area contributed by atoms with Crippen LogP contribution in [0.25, 0.3) is 0 Å². The summed E-state index contributed by atoms with van der Waals surface area (Å²) in [4.78, 5) is 10.2. The van der Waals surface area contributed by atoms with Crippen molar-refractivity contribution >= 4 is 5.69 Å². The number of rotatable bonds is 2. The topological polar surface area (TPSA) is 61.0 Å². The number of hydrogen-bond acceptors (Lipinski definition) is 3. The second kappa shape index (κ2) is 3.25. The molecule has 1 heterocycles. The first-order valence-corrected chi connectivity index (χ1v) is 4.53. The van der Waals surface area contributed by atoms with Crippen molar-refractivity contribution in [3.05, 3.63) is 34.2 Å². The largest absolute Gasteiger partial charge is 0.309 e. The van der Waals surface area contributed by atoms with Crippen molar-refractivity contribution in [2.24, 2.45) is 0 Å². The molecule has 0 atom stereocenters. The van der Waals surface area contributed by atoms with E-state index in [2.05, 4.69) is 17.3 Å². The Kier molecular flexibility index (Phi) is 2.07. The third kappa shape index (κ3) is 1.41. The molecular weight excluding hydrogens is 182 g/mol. The second-order valence-corrected chi connectivity index (χ2v) is 3.43. The van der Waals surface area contributed by atoms with Crippen molar-refractivity contribution in [2.45, 2.75) is 25.8 Å². The zero-order chi connectivity index (χ0) is 10.1. The first-order chi connectivity index (χ1) is 6.68. The summed E-state index contributed by atoms with van der Waals surface area (Å²) < 4.78 is 1.70. The van der Waals surface area contributed by atoms with Gasteiger partial charge in [0.05, 0.1) is 11.0 Å². The van der Waals surface area contributed by atoms with Gasteiger partial charge in [0.2, 0.25) is 0 Å². The van der Waals surface area contributed by atoms with Gasteiger partial charge >= 0.3 is 5.69 Å². The van der Waals surface area contributed by atoms with E-state index in [1.54, 1.807) is 11.6 Å². The maximum atomic E-state index is 10.6. The maximum absolute atomic E-state index is 10.6. The fourth-order valence-corrected chi connectivity index (χ4v) is 1.66. The van der Waals surface area contributed by atoms with Crippen LogP contribution in [0.1, 0.15) is 24.6 Å². The number of aromatic nitrogens is 2. The average molecular weight is 193 g/mol. The molecule has 5 heteroatoms. The molecule has 0 N–H and O–H groups in total. The molecule has 0 amide bonds. The summed E-state index contributed by atoms with van der Waals surface area (Å²) in [6.07, 6.45) is 7.50. The van der Waals surface area contributed by atoms with Crippen LogP contribution in [-0.2, 0) is 0 Å². The summed E-state index contributed by atoms with van der Waals surface area (Å²) >= 11 is 0. The Morgan fingerprint density at radius 3 is 2.71 bits per heavy atom. The van der Waals surface area contributed by atoms with Crippen LogP contribution in [0.2, 0.25) is 0 Å². The van der Waals surface area contributed by atoms with Gasteiger partial charge in [-0.05, 0) is 19.8 Å². The summed E-state index contributed by atoms with van der Waals surface area (Å²) in [6, 6.07) is 0.266. The van der Waals surface area contributed by atoms with Crippen LogP contribution in [0.4, 0.5) is 5.69 Å². The van der Waals surface area contributed by atoms with Crippen molar-refractivity contribution in [3.8, 4) is 0 Å². The number of aryl methyl sites for hydroxylation is 1. The molecule has 1 aromatic rings. The van der Waals surface area contributed by atoms with E-state index in [-0.39, 0.29) is 16.7 Å². The zero-order valence-corrected chi connectivity index (χ0v) is 7.88. The van der Waals surface area contributed by atoms with E-state index in [0.717, 1.165) is 12.8 Å². The fourth-order valence-electron chi connectivity index (χ4n) is 1.66. The van der Waals surface area contributed by atoms with E-state index in [0.29, 0.717) is 5.69 Å². The minimum atomic E-state index is -0.388. The molecule has 1 aliphatic carbocycles. The van der Waals surface area contributed by atoms with Crippen molar-refractivity contribution < 1.29 is 4.92 Å². The normalized spacial score (nSPS) is 16.4. The number of hydrogen-bond donors (Lipinski definition) is 0. The lowest BCUT2D eigenvalue weighted by molar-refractivity contribution is -0.385. The summed E-state index contributed by atoms with van der Waals surface area (Å²) in [5.74, 6) is 0. The van der Waals surface area contributed by atoms with E-state index in [4.69, 9.17) is 0 Å². The number of nitro groups is 1. The second-order valence-electron chi connectivity index (χ2n) is 3.43. The van der Waals surface area contributed by atoms with Crippen molar-refractivity contribution in [1.29, 1.82) is 0 Å². The Hall–Kier alpha value is -1.65. The molecule has 0 saturated heterocycles. The van der Waals surface area contributed by atoms with E-state index in [1.807, 2.05) is 0 Å². The third-order valence-corrected chi connectivity index (χ3v) is 2.44. The average Bonchev–Trinajstić information content (AvgIpc) is 2.70. The van der Waals surface area contributed by atoms with Crippen LogP contribution in [0.3, 0.4) is 0 Å². The zero-order valence-electron chi connectivity index (χ0n) is 7.88. The molecule has 74 valence electrons. The van der Waals surface area contributed by atoms with Gasteiger partial charge in [-0.3, -0.25) is 14.8 Å². The highest BCUT2D eigenvalue weighted by atomic mass is 16.6. The lowest BCUT2D eigenvalue weighted by Crippen LogP contribution is -2.05. The quantitative estimate of drug-likeness (QED) is 0.410. The van der Waals surface area contributed by atoms with Gasteiger partial charge in [-0.25, -0.2) is 0 Å². The molecule has 2 rings (SSSR count). The third-order valence-electron chi connectivity index (χ3n) is 2.44. The van der Waals surface area contributed by atoms with Gasteiger partial charge in [-0.15, -0.1) is 0 Å². The van der Waals surface area contributed by atoms with Crippen LogP contribution in [0.15, 0.2) is 18.3 Å². The van der Waals surface area contributed by atoms with Crippen LogP contribution in [0, 0.1) is 17.0 Å². The Morgan fingerprint density at radius 1 is 1.57 bits per heavy atom. The number of nitrogens with zero attached hydrogens (tertiary/aromatic N) is 3. The molecule has 1 aromatic heterocycles. The van der Waals surface area contributed by atoms with Crippen LogP contribution >= 0.6 is 0 Å². The molecule has 1 aliphatic rings. The Bertz CT molecular complexity index is 387. The van der Waals surface area contributed by atoms with Gasteiger partial charge in [0.1, 0.15) is 11.9 Å². The molecule has 5 nitrogen and oxygen atoms in total. The molecule has 0 saturated carbocycles. The maximum Gasteiger partial charge on any atom is 0.309 e. The molecular formula is C9H11N3O2. The van der Waals surface area contributed by atoms with Gasteiger partial charge < -0.3 is 0 Å². The predicted molar refractivity (Wildman–Crippen MR) is 51.0 cm³/mol. The number of allylic oxidation sites excluding steroid dienone is 2. The Balaban J connectivity index is 2.27. The monoisotopic (exact) mass is 193 g/mol. The first-order valence-electron chi connectivity index (χ1n) is 4.53. The summed E-state index contributed by atoms with van der Waals surface area (Å²) in [5, 5.41) is 14.7. The molecule has 14 heavy (non-hydrogen) atoms. The summed E-state index contributed by atoms with van der Waals surface area (Å²) in [6.45, 7) is 1.66. The Labute approximate surface area is 81.2 Å². The molecule has 0 radical (unpaired) electrons. The highest BCUT2D eigenvalue weighted by molar-refractivity contribution is 5.31. The van der Waals surface area contributed by atoms with E-state index in [1.165, 1.54) is 6.20 Å². The van der Waals surface area contributed by atoms with Gasteiger partial charge in [-0.1, -0.05) is 12.2 Å². The predicted octanol–water partition coefficient (Wildman–Crippen LogP) is 1.99. The van der Waals surface area contributed by atoms with Gasteiger partial charge in [0.15, 0.2) is 0 Å². The molecule has 0 unspecified atom stereocenters. The van der Waals surface area contributed by atoms with Gasteiger partial charge in [0.25, 0.3) is 0 Å². The fraction of sp³-hybridized carbons (Fsp3) is 0.444. The van der Waals surface area contributed by atoms with Crippen LogP contribution < -0.4 is 0 Å². The summed E-state index contributed by atoms with van der Waals surface area (Å²) in [5.41, 5.74) is 0.596. The van der Waals surface area contributed by atoms with Crippen molar-refractivity contribution in [3.63, 3.8) is 0 Å². The SMILES string of the molecule is Cc1nn(C2CC=CC2)cc1[N+](=O)[O-]. The van der Waals surface area contributed by atoms with Crippen LogP contribution in [-0.4, -0.2) is 14.7 Å². The minimum Gasteiger partial charge on any atom is -0.262 e. The Morgan fingerprint density at radius 2 is 2.21 bits per heavy atom. The highest BCUT2D eigenvalue weighted by Gasteiger charge is 2.20. The standard InChI is InChI=1S/C9H11N3O2/c1-7-9(12(13)14)6-11(10-7)8-4-2-3-5-8/h2-3,6,8H,4-5H2,1H3. The van der Waals surface area contributed by atoms with E-state index >= 15 is 0 Å². The first kappa shape index (κ1) is 8.93. The smallest absolute Gasteiger partial charge is 0.262 e. The lowest BCUT2D eigenvalue weighted by atomic mass is 10.2. The van der Waals surface area contributed by atoms with Gasteiger partial charge in [0, 0.05) is 0 Å².